The third-order valence-electron chi connectivity index (χ3n) is 5.68. The summed E-state index contributed by atoms with van der Waals surface area (Å²) in [4.78, 5) is 29.9. The highest BCUT2D eigenvalue weighted by atomic mass is 32.2. The molecule has 9 nitrogen and oxygen atoms in total. The van der Waals surface area contributed by atoms with Gasteiger partial charge in [0, 0.05) is 26.2 Å². The Morgan fingerprint density at radius 1 is 1.03 bits per heavy atom. The highest BCUT2D eigenvalue weighted by Gasteiger charge is 2.27. The number of nitrogens with zero attached hydrogens (tertiary/aromatic N) is 5. The Bertz CT molecular complexity index is 1300. The molecule has 35 heavy (non-hydrogen) atoms. The number of furan rings is 1. The molecule has 11 heteroatoms. The monoisotopic (exact) mass is 509 g/mol. The number of carbonyl (C=O) groups is 2. The van der Waals surface area contributed by atoms with Gasteiger partial charge in [-0.1, -0.05) is 30.0 Å². The lowest BCUT2D eigenvalue weighted by Gasteiger charge is -2.34. The molecule has 0 unspecified atom stereocenters. The van der Waals surface area contributed by atoms with Gasteiger partial charge in [0.2, 0.25) is 5.91 Å². The van der Waals surface area contributed by atoms with Crippen LogP contribution in [0.15, 0.2) is 69.7 Å². The summed E-state index contributed by atoms with van der Waals surface area (Å²) in [5.41, 5.74) is 0.809. The van der Waals surface area contributed by atoms with E-state index in [1.165, 1.54) is 18.0 Å². The van der Waals surface area contributed by atoms with Crippen LogP contribution in [0.5, 0.6) is 5.75 Å². The first-order chi connectivity index (χ1) is 17.2. The van der Waals surface area contributed by atoms with E-state index >= 15 is 0 Å². The number of piperazine rings is 1. The molecular weight excluding hydrogens is 486 g/mol. The van der Waals surface area contributed by atoms with Gasteiger partial charge in [0.15, 0.2) is 16.7 Å². The summed E-state index contributed by atoms with van der Waals surface area (Å²) in [5.74, 6) is 1.76. The van der Waals surface area contributed by atoms with Crippen molar-refractivity contribution in [3.63, 3.8) is 0 Å². The zero-order valence-electron chi connectivity index (χ0n) is 19.0. The van der Waals surface area contributed by atoms with E-state index < -0.39 is 0 Å². The third-order valence-corrected chi connectivity index (χ3v) is 7.46. The van der Waals surface area contributed by atoms with E-state index in [2.05, 4.69) is 10.2 Å². The Labute approximate surface area is 210 Å². The molecule has 1 aliphatic rings. The SMILES string of the molecule is COc1ccccc1-n1c(SCC(=O)N2CCN(C(=O)c3ccco3)CC2)nnc1-c1cccs1. The van der Waals surface area contributed by atoms with Crippen LogP contribution in [0.25, 0.3) is 16.4 Å². The summed E-state index contributed by atoms with van der Waals surface area (Å²) in [6.45, 7) is 1.89. The Hall–Kier alpha value is -3.57. The van der Waals surface area contributed by atoms with Crippen LogP contribution < -0.4 is 4.74 Å². The van der Waals surface area contributed by atoms with Crippen LogP contribution in [0.4, 0.5) is 0 Å². The summed E-state index contributed by atoms with van der Waals surface area (Å²) in [6.07, 6.45) is 1.48. The Balaban J connectivity index is 1.29. The van der Waals surface area contributed by atoms with Gasteiger partial charge in [0.25, 0.3) is 5.91 Å². The fraction of sp³-hybridized carbons (Fsp3) is 0.250. The number of benzene rings is 1. The van der Waals surface area contributed by atoms with Gasteiger partial charge in [-0.3, -0.25) is 14.2 Å². The second-order valence-corrected chi connectivity index (χ2v) is 9.62. The summed E-state index contributed by atoms with van der Waals surface area (Å²) in [7, 11) is 1.63. The minimum atomic E-state index is -0.150. The molecule has 0 spiro atoms. The van der Waals surface area contributed by atoms with E-state index in [0.717, 1.165) is 10.6 Å². The summed E-state index contributed by atoms with van der Waals surface area (Å²) >= 11 is 2.91. The van der Waals surface area contributed by atoms with Crippen molar-refractivity contribution in [2.45, 2.75) is 5.16 Å². The van der Waals surface area contributed by atoms with Crippen LogP contribution >= 0.6 is 23.1 Å². The van der Waals surface area contributed by atoms with Crippen molar-refractivity contribution in [1.29, 1.82) is 0 Å². The van der Waals surface area contributed by atoms with Crippen LogP contribution in [-0.2, 0) is 4.79 Å². The van der Waals surface area contributed by atoms with E-state index in [-0.39, 0.29) is 17.6 Å². The maximum absolute atomic E-state index is 13.0. The molecule has 0 bridgehead atoms. The van der Waals surface area contributed by atoms with E-state index in [0.29, 0.717) is 48.7 Å². The first-order valence-electron chi connectivity index (χ1n) is 11.0. The number of hydrogen-bond acceptors (Lipinski definition) is 8. The van der Waals surface area contributed by atoms with Gasteiger partial charge in [-0.15, -0.1) is 21.5 Å². The highest BCUT2D eigenvalue weighted by Crippen LogP contribution is 2.34. The highest BCUT2D eigenvalue weighted by molar-refractivity contribution is 7.99. The Kier molecular flexibility index (Phi) is 6.87. The molecule has 5 rings (SSSR count). The largest absolute Gasteiger partial charge is 0.495 e. The maximum atomic E-state index is 13.0. The van der Waals surface area contributed by atoms with Crippen LogP contribution in [0.2, 0.25) is 0 Å². The van der Waals surface area contributed by atoms with Gasteiger partial charge < -0.3 is 19.0 Å². The van der Waals surface area contributed by atoms with Crippen molar-refractivity contribution < 1.29 is 18.7 Å². The lowest BCUT2D eigenvalue weighted by Crippen LogP contribution is -2.51. The molecule has 3 aromatic heterocycles. The molecule has 1 saturated heterocycles. The average Bonchev–Trinajstić information content (AvgIpc) is 3.68. The average molecular weight is 510 g/mol. The quantitative estimate of drug-likeness (QED) is 0.351. The number of ether oxygens (including phenoxy) is 1. The smallest absolute Gasteiger partial charge is 0.289 e. The molecule has 1 fully saturated rings. The molecule has 0 atom stereocenters. The van der Waals surface area contributed by atoms with E-state index in [1.54, 1.807) is 40.4 Å². The van der Waals surface area contributed by atoms with E-state index in [9.17, 15) is 9.59 Å². The fourth-order valence-corrected chi connectivity index (χ4v) is 5.44. The number of para-hydroxylation sites is 2. The second kappa shape index (κ2) is 10.4. The maximum Gasteiger partial charge on any atom is 0.289 e. The first kappa shape index (κ1) is 23.2. The van der Waals surface area contributed by atoms with Crippen molar-refractivity contribution in [3.05, 3.63) is 65.9 Å². The molecule has 180 valence electrons. The van der Waals surface area contributed by atoms with Crippen LogP contribution in [-0.4, -0.2) is 75.4 Å². The number of amides is 2. The van der Waals surface area contributed by atoms with Crippen molar-refractivity contribution in [1.82, 2.24) is 24.6 Å². The van der Waals surface area contributed by atoms with Crippen LogP contribution in [0, 0.1) is 0 Å². The molecule has 1 aliphatic heterocycles. The topological polar surface area (TPSA) is 93.7 Å². The number of thioether (sulfide) groups is 1. The van der Waals surface area contributed by atoms with Crippen molar-refractivity contribution >= 4 is 34.9 Å². The summed E-state index contributed by atoms with van der Waals surface area (Å²) in [6, 6.07) is 15.0. The predicted molar refractivity (Wildman–Crippen MR) is 133 cm³/mol. The number of aromatic nitrogens is 3. The normalized spacial score (nSPS) is 13.7. The molecular formula is C24H23N5O4S2. The van der Waals surface area contributed by atoms with Crippen molar-refractivity contribution in [2.75, 3.05) is 39.0 Å². The first-order valence-corrected chi connectivity index (χ1v) is 12.9. The van der Waals surface area contributed by atoms with Gasteiger partial charge in [-0.2, -0.15) is 0 Å². The number of methoxy groups -OCH3 is 1. The van der Waals surface area contributed by atoms with Crippen molar-refractivity contribution in [3.8, 4) is 22.1 Å². The fourth-order valence-electron chi connectivity index (χ4n) is 3.89. The second-order valence-electron chi connectivity index (χ2n) is 7.73. The van der Waals surface area contributed by atoms with Crippen molar-refractivity contribution in [2.24, 2.45) is 0 Å². The summed E-state index contributed by atoms with van der Waals surface area (Å²) < 4.78 is 12.7. The summed E-state index contributed by atoms with van der Waals surface area (Å²) in [5, 5.41) is 11.4. The Morgan fingerprint density at radius 2 is 1.83 bits per heavy atom. The lowest BCUT2D eigenvalue weighted by molar-refractivity contribution is -0.129. The number of rotatable bonds is 7. The molecule has 4 aromatic rings. The van der Waals surface area contributed by atoms with Gasteiger partial charge in [-0.25, -0.2) is 0 Å². The number of carbonyl (C=O) groups excluding carboxylic acids is 2. The molecule has 0 radical (unpaired) electrons. The predicted octanol–water partition coefficient (Wildman–Crippen LogP) is 3.67. The zero-order valence-corrected chi connectivity index (χ0v) is 20.6. The van der Waals surface area contributed by atoms with Crippen LogP contribution in [0.3, 0.4) is 0 Å². The molecule has 0 aliphatic carbocycles. The standard InChI is InChI=1S/C24H23N5O4S2/c1-32-18-7-3-2-6-17(18)29-22(20-9-5-15-34-20)25-26-24(29)35-16-21(30)27-10-12-28(13-11-27)23(31)19-8-4-14-33-19/h2-9,14-15H,10-13,16H2,1H3. The van der Waals surface area contributed by atoms with Gasteiger partial charge in [0.1, 0.15) is 5.75 Å². The lowest BCUT2D eigenvalue weighted by atomic mass is 10.3. The molecule has 0 saturated carbocycles. The van der Waals surface area contributed by atoms with E-state index in [4.69, 9.17) is 9.15 Å². The minimum absolute atomic E-state index is 0.00709. The number of thiophene rings is 1. The van der Waals surface area contributed by atoms with Gasteiger partial charge >= 0.3 is 0 Å². The molecule has 2 amide bonds. The zero-order chi connectivity index (χ0) is 24.2. The number of hydrogen-bond donors (Lipinski definition) is 0. The van der Waals surface area contributed by atoms with Gasteiger partial charge in [0.05, 0.1) is 29.7 Å². The molecule has 0 N–H and O–H groups in total. The van der Waals surface area contributed by atoms with Gasteiger partial charge in [-0.05, 0) is 35.7 Å². The van der Waals surface area contributed by atoms with E-state index in [1.807, 2.05) is 46.3 Å². The Morgan fingerprint density at radius 3 is 2.54 bits per heavy atom. The molecule has 4 heterocycles. The molecule has 1 aromatic carbocycles. The van der Waals surface area contributed by atoms with Crippen LogP contribution in [0.1, 0.15) is 10.6 Å². The minimum Gasteiger partial charge on any atom is -0.495 e. The third kappa shape index (κ3) is 4.82.